The summed E-state index contributed by atoms with van der Waals surface area (Å²) in [5, 5.41) is 16.5. The SMILES string of the molecule is C=C1Nc2cc(C)c(-c3cc(N)c4cnc(NC(=O)C5CC5C#N)cc4c3)cc2O1. The molecule has 1 amide bonds. The minimum atomic E-state index is -0.249. The summed E-state index contributed by atoms with van der Waals surface area (Å²) in [7, 11) is 0. The maximum absolute atomic E-state index is 12.3. The highest BCUT2D eigenvalue weighted by Gasteiger charge is 2.43. The molecule has 2 aliphatic rings. The molecule has 7 nitrogen and oxygen atoms in total. The minimum Gasteiger partial charge on any atom is -0.439 e. The minimum absolute atomic E-state index is 0.170. The zero-order valence-corrected chi connectivity index (χ0v) is 16.3. The third-order valence-electron chi connectivity index (χ3n) is 5.56. The lowest BCUT2D eigenvalue weighted by atomic mass is 9.96. The first-order valence-corrected chi connectivity index (χ1v) is 9.61. The van der Waals surface area contributed by atoms with E-state index in [9.17, 15) is 4.79 Å². The first kappa shape index (κ1) is 18.0. The number of nitrogens with one attached hydrogen (secondary N) is 2. The van der Waals surface area contributed by atoms with E-state index in [1.54, 1.807) is 12.3 Å². The second kappa shape index (κ2) is 6.49. The van der Waals surface area contributed by atoms with Gasteiger partial charge in [0.1, 0.15) is 5.82 Å². The average Bonchev–Trinajstić information content (AvgIpc) is 3.41. The molecule has 0 spiro atoms. The maximum atomic E-state index is 12.3. The number of hydrogen-bond donors (Lipinski definition) is 3. The Morgan fingerprint density at radius 3 is 2.97 bits per heavy atom. The van der Waals surface area contributed by atoms with Gasteiger partial charge in [-0.05, 0) is 72.3 Å². The molecule has 2 unspecified atom stereocenters. The third kappa shape index (κ3) is 2.99. The molecule has 4 N–H and O–H groups in total. The highest BCUT2D eigenvalue weighted by Crippen LogP contribution is 2.41. The summed E-state index contributed by atoms with van der Waals surface area (Å²) in [6.45, 7) is 5.83. The molecule has 2 heterocycles. The molecular weight excluding hydrogens is 378 g/mol. The first-order valence-electron chi connectivity index (χ1n) is 9.61. The van der Waals surface area contributed by atoms with E-state index in [-0.39, 0.29) is 17.7 Å². The molecule has 5 rings (SSSR count). The van der Waals surface area contributed by atoms with Gasteiger partial charge in [0.05, 0.1) is 23.6 Å². The number of nitrogens with two attached hydrogens (primary N) is 1. The van der Waals surface area contributed by atoms with Crippen LogP contribution in [-0.4, -0.2) is 10.9 Å². The number of nitrogen functional groups attached to an aromatic ring is 1. The fourth-order valence-electron chi connectivity index (χ4n) is 3.85. The predicted molar refractivity (Wildman–Crippen MR) is 116 cm³/mol. The van der Waals surface area contributed by atoms with Crippen molar-refractivity contribution in [2.75, 3.05) is 16.4 Å². The molecule has 0 radical (unpaired) electrons. The van der Waals surface area contributed by atoms with Gasteiger partial charge in [-0.1, -0.05) is 0 Å². The van der Waals surface area contributed by atoms with Crippen LogP contribution in [0.25, 0.3) is 21.9 Å². The number of pyridine rings is 1. The Morgan fingerprint density at radius 2 is 2.20 bits per heavy atom. The van der Waals surface area contributed by atoms with Crippen LogP contribution in [0.15, 0.2) is 49.0 Å². The Labute approximate surface area is 173 Å². The lowest BCUT2D eigenvalue weighted by Gasteiger charge is -2.12. The van der Waals surface area contributed by atoms with Gasteiger partial charge in [-0.25, -0.2) is 4.98 Å². The van der Waals surface area contributed by atoms with Crippen LogP contribution in [0, 0.1) is 30.1 Å². The summed E-state index contributed by atoms with van der Waals surface area (Å²) >= 11 is 0. The second-order valence-corrected chi connectivity index (χ2v) is 7.74. The van der Waals surface area contributed by atoms with Gasteiger partial charge in [0.25, 0.3) is 0 Å². The van der Waals surface area contributed by atoms with Crippen LogP contribution in [-0.2, 0) is 4.79 Å². The van der Waals surface area contributed by atoms with E-state index in [1.165, 1.54) is 0 Å². The Bertz CT molecular complexity index is 1290. The number of rotatable bonds is 3. The van der Waals surface area contributed by atoms with Crippen LogP contribution in [0.1, 0.15) is 12.0 Å². The number of ether oxygens (including phenoxy) is 1. The van der Waals surface area contributed by atoms with Crippen molar-refractivity contribution < 1.29 is 9.53 Å². The zero-order chi connectivity index (χ0) is 21.0. The summed E-state index contributed by atoms with van der Waals surface area (Å²) in [5.74, 6) is 1.06. The Balaban J connectivity index is 1.52. The lowest BCUT2D eigenvalue weighted by Crippen LogP contribution is -2.15. The molecule has 30 heavy (non-hydrogen) atoms. The molecule has 1 aliphatic heterocycles. The number of aromatic nitrogens is 1. The van der Waals surface area contributed by atoms with Gasteiger partial charge in [-0.3, -0.25) is 4.79 Å². The highest BCUT2D eigenvalue weighted by atomic mass is 16.5. The molecule has 7 heteroatoms. The van der Waals surface area contributed by atoms with Crippen molar-refractivity contribution in [3.8, 4) is 22.9 Å². The molecule has 148 valence electrons. The topological polar surface area (TPSA) is 113 Å². The number of fused-ring (bicyclic) bond motifs is 2. The molecule has 2 atom stereocenters. The standard InChI is InChI=1S/C23H19N5O2/c1-11-3-20-21(30-12(2)27-20)8-16(11)13-4-14-7-22(26-10-18(14)19(25)6-13)28-23(29)17-5-15(17)9-24/h3-4,6-8,10,15,17,27H,2,5,25H2,1H3,(H,26,28,29). The number of amides is 1. The largest absolute Gasteiger partial charge is 0.439 e. The van der Waals surface area contributed by atoms with Crippen molar-refractivity contribution in [1.82, 2.24) is 4.98 Å². The smallest absolute Gasteiger partial charge is 0.230 e. The van der Waals surface area contributed by atoms with Crippen molar-refractivity contribution in [1.29, 1.82) is 5.26 Å². The molecule has 1 fully saturated rings. The van der Waals surface area contributed by atoms with E-state index in [0.29, 0.717) is 23.8 Å². The molecule has 2 aromatic carbocycles. The Kier molecular flexibility index (Phi) is 3.90. The summed E-state index contributed by atoms with van der Waals surface area (Å²) in [6.07, 6.45) is 2.26. The summed E-state index contributed by atoms with van der Waals surface area (Å²) in [6, 6.07) is 11.8. The normalized spacial score (nSPS) is 18.9. The monoisotopic (exact) mass is 397 g/mol. The summed E-state index contributed by atoms with van der Waals surface area (Å²) < 4.78 is 5.63. The average molecular weight is 397 g/mol. The van der Waals surface area contributed by atoms with Gasteiger partial charge in [0, 0.05) is 17.3 Å². The number of aryl methyl sites for hydroxylation is 1. The van der Waals surface area contributed by atoms with Gasteiger partial charge >= 0.3 is 0 Å². The number of nitrogens with zero attached hydrogens (tertiary/aromatic N) is 2. The Morgan fingerprint density at radius 1 is 1.37 bits per heavy atom. The molecular formula is C23H19N5O2. The van der Waals surface area contributed by atoms with Gasteiger partial charge in [-0.15, -0.1) is 0 Å². The van der Waals surface area contributed by atoms with Gasteiger partial charge in [0.2, 0.25) is 5.91 Å². The first-order chi connectivity index (χ1) is 14.4. The molecule has 1 aromatic heterocycles. The van der Waals surface area contributed by atoms with Crippen LogP contribution in [0.3, 0.4) is 0 Å². The van der Waals surface area contributed by atoms with E-state index in [2.05, 4.69) is 28.3 Å². The molecule has 3 aromatic rings. The van der Waals surface area contributed by atoms with E-state index < -0.39 is 0 Å². The van der Waals surface area contributed by atoms with Crippen molar-refractivity contribution in [3.05, 3.63) is 54.6 Å². The van der Waals surface area contributed by atoms with Gasteiger partial charge in [-0.2, -0.15) is 5.26 Å². The predicted octanol–water partition coefficient (Wildman–Crippen LogP) is 4.17. The van der Waals surface area contributed by atoms with Gasteiger partial charge < -0.3 is 21.1 Å². The van der Waals surface area contributed by atoms with Crippen LogP contribution < -0.4 is 21.1 Å². The van der Waals surface area contributed by atoms with Crippen LogP contribution >= 0.6 is 0 Å². The summed E-state index contributed by atoms with van der Waals surface area (Å²) in [4.78, 5) is 16.6. The maximum Gasteiger partial charge on any atom is 0.230 e. The van der Waals surface area contributed by atoms with Crippen molar-refractivity contribution >= 4 is 33.9 Å². The number of benzene rings is 2. The second-order valence-electron chi connectivity index (χ2n) is 7.74. The number of carbonyl (C=O) groups is 1. The van der Waals surface area contributed by atoms with Crippen LogP contribution in [0.2, 0.25) is 0 Å². The third-order valence-corrected chi connectivity index (χ3v) is 5.56. The van der Waals surface area contributed by atoms with Gasteiger partial charge in [0.15, 0.2) is 11.6 Å². The van der Waals surface area contributed by atoms with Crippen molar-refractivity contribution in [2.24, 2.45) is 11.8 Å². The van der Waals surface area contributed by atoms with E-state index >= 15 is 0 Å². The number of nitriles is 1. The van der Waals surface area contributed by atoms with Crippen LogP contribution in [0.5, 0.6) is 5.75 Å². The molecule has 1 saturated carbocycles. The van der Waals surface area contributed by atoms with Crippen molar-refractivity contribution in [2.45, 2.75) is 13.3 Å². The number of hydrogen-bond acceptors (Lipinski definition) is 6. The highest BCUT2D eigenvalue weighted by molar-refractivity contribution is 6.00. The van der Waals surface area contributed by atoms with E-state index in [0.717, 1.165) is 38.9 Å². The van der Waals surface area contributed by atoms with Crippen LogP contribution in [0.4, 0.5) is 17.2 Å². The Hall–Kier alpha value is -4.05. The summed E-state index contributed by atoms with van der Waals surface area (Å²) in [5.41, 5.74) is 10.8. The molecule has 0 bridgehead atoms. The molecule has 1 aliphatic carbocycles. The lowest BCUT2D eigenvalue weighted by molar-refractivity contribution is -0.117. The zero-order valence-electron chi connectivity index (χ0n) is 16.3. The number of carbonyl (C=O) groups excluding carboxylic acids is 1. The quantitative estimate of drug-likeness (QED) is 0.572. The van der Waals surface area contributed by atoms with Crippen molar-refractivity contribution in [3.63, 3.8) is 0 Å². The molecule has 0 saturated heterocycles. The fraction of sp³-hybridized carbons (Fsp3) is 0.174. The number of anilines is 3. The van der Waals surface area contributed by atoms with E-state index in [4.69, 9.17) is 15.7 Å². The fourth-order valence-corrected chi connectivity index (χ4v) is 3.85. The van der Waals surface area contributed by atoms with E-state index in [1.807, 2.05) is 31.2 Å².